The van der Waals surface area contributed by atoms with Crippen LogP contribution in [0, 0.1) is 11.8 Å². The number of esters is 1. The maximum atomic E-state index is 14.9. The third kappa shape index (κ3) is 10.8. The average molecular weight is 972 g/mol. The number of nitrogens with one attached hydrogen (secondary N) is 3. The van der Waals surface area contributed by atoms with Gasteiger partial charge in [0.15, 0.2) is 5.60 Å². The van der Waals surface area contributed by atoms with Gasteiger partial charge in [-0.25, -0.2) is 36.8 Å². The van der Waals surface area contributed by atoms with Gasteiger partial charge in [-0.15, -0.1) is 0 Å². The summed E-state index contributed by atoms with van der Waals surface area (Å²) in [6, 6.07) is 0.242. The maximum Gasteiger partial charge on any atom is 0.438 e. The predicted molar refractivity (Wildman–Crippen MR) is 231 cm³/mol. The second-order valence-corrected chi connectivity index (χ2v) is 22.5. The van der Waals surface area contributed by atoms with E-state index in [9.17, 15) is 54.3 Å². The normalized spacial score (nSPS) is 28.7. The van der Waals surface area contributed by atoms with Crippen LogP contribution in [-0.2, 0) is 40.1 Å². The van der Waals surface area contributed by atoms with Crippen LogP contribution in [0.3, 0.4) is 0 Å². The van der Waals surface area contributed by atoms with Gasteiger partial charge in [-0.1, -0.05) is 26.0 Å². The molecule has 1 saturated heterocycles. The quantitative estimate of drug-likeness (QED) is 0.139. The van der Waals surface area contributed by atoms with Gasteiger partial charge in [-0.3, -0.25) is 19.1 Å². The number of benzene rings is 1. The highest BCUT2D eigenvalue weighted by Gasteiger charge is 2.71. The minimum atomic E-state index is -5.16. The molecule has 370 valence electrons. The number of ether oxygens (including phenoxy) is 3. The molecule has 0 spiro atoms. The molecule has 3 fully saturated rings. The van der Waals surface area contributed by atoms with Gasteiger partial charge in [-0.2, -0.15) is 13.2 Å². The van der Waals surface area contributed by atoms with Crippen LogP contribution < -0.4 is 25.8 Å². The number of alkyl carbamates (subject to hydrolysis) is 1. The van der Waals surface area contributed by atoms with Gasteiger partial charge in [0.2, 0.25) is 33.4 Å². The molecule has 23 heteroatoms. The summed E-state index contributed by atoms with van der Waals surface area (Å²) in [5.74, 6) is -9.59. The SMILES string of the molecule is C[C@@H]1CC/C=C\[C@]2(N)C[C@@]2(C(=O)NS(=O)(=O)C2(C)CC2)NC(=O)C2C[C@@H](Oc3nc4cc(C(=O)OC(C)(C)C)ccc4nc3C(F)(F)F)CN2C(=O)[C@@H](NC(=O)OC(C)(C)C(C)(F)F)[C@H](C)C1. The molecule has 3 heterocycles. The molecule has 2 aromatic rings. The van der Waals surface area contributed by atoms with Crippen molar-refractivity contribution in [2.45, 2.75) is 165 Å². The number of aromatic nitrogens is 2. The third-order valence-electron chi connectivity index (χ3n) is 13.0. The van der Waals surface area contributed by atoms with Gasteiger partial charge in [0.25, 0.3) is 11.8 Å². The zero-order valence-corrected chi connectivity index (χ0v) is 39.5. The van der Waals surface area contributed by atoms with Crippen molar-refractivity contribution < 1.29 is 68.6 Å². The Balaban J connectivity index is 1.41. The zero-order chi connectivity index (χ0) is 50.1. The topological polar surface area (TPSA) is 238 Å². The number of amides is 4. The largest absolute Gasteiger partial charge is 0.471 e. The second-order valence-electron chi connectivity index (χ2n) is 20.3. The molecule has 4 amide bonds. The lowest BCUT2D eigenvalue weighted by atomic mass is 9.88. The summed E-state index contributed by atoms with van der Waals surface area (Å²) in [6.45, 7) is 11.6. The fraction of sp³-hybridized carbons (Fsp3) is 0.659. The van der Waals surface area contributed by atoms with E-state index < -0.39 is 128 Å². The highest BCUT2D eigenvalue weighted by atomic mass is 32.2. The van der Waals surface area contributed by atoms with E-state index in [0.29, 0.717) is 19.8 Å². The Morgan fingerprint density at radius 3 is 2.21 bits per heavy atom. The van der Waals surface area contributed by atoms with Crippen molar-refractivity contribution in [1.82, 2.24) is 30.2 Å². The molecule has 7 atom stereocenters. The fourth-order valence-corrected chi connectivity index (χ4v) is 9.45. The summed E-state index contributed by atoms with van der Waals surface area (Å²) in [4.78, 5) is 78.7. The molecule has 0 bridgehead atoms. The summed E-state index contributed by atoms with van der Waals surface area (Å²) in [6.07, 6.45) is -4.09. The Bertz CT molecular complexity index is 2470. The second kappa shape index (κ2) is 17.4. The molecule has 1 unspecified atom stereocenters. The van der Waals surface area contributed by atoms with Crippen LogP contribution in [0.2, 0.25) is 0 Å². The number of rotatable bonds is 9. The summed E-state index contributed by atoms with van der Waals surface area (Å²) in [5, 5.41) is 4.97. The lowest BCUT2D eigenvalue weighted by Gasteiger charge is -2.35. The Labute approximate surface area is 384 Å². The van der Waals surface area contributed by atoms with Crippen LogP contribution >= 0.6 is 0 Å². The monoisotopic (exact) mass is 971 g/mol. The first kappa shape index (κ1) is 51.2. The lowest BCUT2D eigenvalue weighted by molar-refractivity contribution is -0.152. The summed E-state index contributed by atoms with van der Waals surface area (Å²) in [7, 11) is -4.27. The van der Waals surface area contributed by atoms with E-state index in [1.165, 1.54) is 19.1 Å². The third-order valence-corrected chi connectivity index (χ3v) is 15.1. The molecule has 4 aliphatic rings. The number of allylic oxidation sites excluding steroid dienone is 1. The number of fused-ring (bicyclic) bond motifs is 3. The average Bonchev–Trinajstić information content (AvgIpc) is 4.02. The number of hydrogen-bond donors (Lipinski definition) is 4. The van der Waals surface area contributed by atoms with Crippen molar-refractivity contribution in [2.24, 2.45) is 17.6 Å². The van der Waals surface area contributed by atoms with Gasteiger partial charge in [0.05, 0.1) is 33.4 Å². The van der Waals surface area contributed by atoms with E-state index in [-0.39, 0.29) is 48.2 Å². The molecule has 1 aromatic heterocycles. The van der Waals surface area contributed by atoms with Crippen LogP contribution in [0.25, 0.3) is 11.0 Å². The van der Waals surface area contributed by atoms with Gasteiger partial charge in [0, 0.05) is 19.8 Å². The molecule has 2 aliphatic carbocycles. The predicted octanol–water partition coefficient (Wildman–Crippen LogP) is 5.45. The number of nitrogens with zero attached hydrogens (tertiary/aromatic N) is 3. The van der Waals surface area contributed by atoms with Gasteiger partial charge < -0.3 is 35.5 Å². The summed E-state index contributed by atoms with van der Waals surface area (Å²) in [5.41, 5.74) is -2.40. The first-order chi connectivity index (χ1) is 30.6. The number of halogens is 5. The van der Waals surface area contributed by atoms with Crippen LogP contribution in [0.5, 0.6) is 5.88 Å². The first-order valence-electron chi connectivity index (χ1n) is 21.9. The van der Waals surface area contributed by atoms with Crippen molar-refractivity contribution in [2.75, 3.05) is 6.54 Å². The van der Waals surface area contributed by atoms with E-state index >= 15 is 0 Å². The molecule has 67 heavy (non-hydrogen) atoms. The zero-order valence-electron chi connectivity index (χ0n) is 38.7. The van der Waals surface area contributed by atoms with Crippen molar-refractivity contribution in [3.05, 3.63) is 41.6 Å². The molecule has 1 aromatic carbocycles. The first-order valence-corrected chi connectivity index (χ1v) is 23.4. The summed E-state index contributed by atoms with van der Waals surface area (Å²) >= 11 is 0. The van der Waals surface area contributed by atoms with E-state index in [4.69, 9.17) is 19.9 Å². The Morgan fingerprint density at radius 2 is 1.61 bits per heavy atom. The van der Waals surface area contributed by atoms with Crippen molar-refractivity contribution in [3.63, 3.8) is 0 Å². The molecule has 6 rings (SSSR count). The smallest absolute Gasteiger partial charge is 0.438 e. The number of alkyl halides is 5. The fourth-order valence-electron chi connectivity index (χ4n) is 8.14. The van der Waals surface area contributed by atoms with E-state index in [1.807, 2.05) is 6.92 Å². The van der Waals surface area contributed by atoms with E-state index in [1.54, 1.807) is 33.8 Å². The van der Waals surface area contributed by atoms with Crippen LogP contribution in [0.4, 0.5) is 26.7 Å². The molecule has 2 saturated carbocycles. The standard InChI is InChI=1S/C44H58F5N7O10S/c1-23-12-10-11-15-42(50)22-43(42,36(60)55-67(62,63)40(8)16-17-40)54-32(57)29-20-26(21-56(29)34(58)30(24(2)18-23)53-37(61)66-39(6,7)41(9,45)46)64-33-31(44(47,48)49)51-27-14-13-25(19-28(27)52-33)35(59)65-38(3,4)5/h11,13-15,19,23-24,26,29-30H,10,12,16-18,20-22,50H2,1-9H3,(H,53,61)(H,54,57)(H,55,60)/b15-11-/t23-,24-,26-,29?,30+,42+,43+/m1/s1. The van der Waals surface area contributed by atoms with Crippen LogP contribution in [0.1, 0.15) is 123 Å². The number of hydrogen-bond acceptors (Lipinski definition) is 13. The van der Waals surface area contributed by atoms with Gasteiger partial charge in [-0.05, 0) is 104 Å². The van der Waals surface area contributed by atoms with Crippen LogP contribution in [-0.4, -0.2) is 111 Å². The Hall–Kier alpha value is -5.19. The number of carbonyl (C=O) groups is 5. The molecule has 5 N–H and O–H groups in total. The van der Waals surface area contributed by atoms with E-state index in [0.717, 1.165) is 30.9 Å². The Morgan fingerprint density at radius 1 is 0.955 bits per heavy atom. The molecule has 2 aliphatic heterocycles. The minimum absolute atomic E-state index is 0.0640. The molecule has 0 radical (unpaired) electrons. The summed E-state index contributed by atoms with van der Waals surface area (Å²) < 4.78 is 117. The Kier molecular flexibility index (Phi) is 13.3. The van der Waals surface area contributed by atoms with Crippen molar-refractivity contribution in [3.8, 4) is 5.88 Å². The molecular weight excluding hydrogens is 914 g/mol. The van der Waals surface area contributed by atoms with Crippen molar-refractivity contribution in [1.29, 1.82) is 0 Å². The molecular formula is C44H58F5N7O10S. The van der Waals surface area contributed by atoms with E-state index in [2.05, 4.69) is 25.3 Å². The lowest BCUT2D eigenvalue weighted by Crippen LogP contribution is -2.62. The highest BCUT2D eigenvalue weighted by Crippen LogP contribution is 2.49. The van der Waals surface area contributed by atoms with Gasteiger partial charge >= 0.3 is 18.2 Å². The van der Waals surface area contributed by atoms with Gasteiger partial charge in [0.1, 0.15) is 29.3 Å². The van der Waals surface area contributed by atoms with Crippen LogP contribution in [0.15, 0.2) is 30.4 Å². The highest BCUT2D eigenvalue weighted by molar-refractivity contribution is 7.91. The minimum Gasteiger partial charge on any atom is -0.471 e. The number of carbonyl (C=O) groups excluding carboxylic acids is 5. The number of sulfonamides is 1. The maximum absolute atomic E-state index is 14.9. The van der Waals surface area contributed by atoms with Crippen molar-refractivity contribution >= 4 is 50.8 Å². The molecule has 17 nitrogen and oxygen atoms in total. The number of nitrogens with two attached hydrogens (primary N) is 1.